The van der Waals surface area contributed by atoms with Gasteiger partial charge in [-0.3, -0.25) is 4.79 Å². The van der Waals surface area contributed by atoms with Gasteiger partial charge in [-0.15, -0.1) is 0 Å². The summed E-state index contributed by atoms with van der Waals surface area (Å²) in [5.74, 6) is -2.42. The number of nitrogen functional groups attached to an aromatic ring is 1. The normalized spacial score (nSPS) is 10.3. The van der Waals surface area contributed by atoms with Gasteiger partial charge in [0, 0.05) is 11.8 Å². The SMILES string of the molecule is NC(=O)c1cc(N)ccc1Nc1c(F)cc(F)cc1Cl. The molecule has 4 nitrogen and oxygen atoms in total. The van der Waals surface area contributed by atoms with Crippen molar-refractivity contribution in [1.29, 1.82) is 0 Å². The van der Waals surface area contributed by atoms with Crippen molar-refractivity contribution in [1.82, 2.24) is 0 Å². The van der Waals surface area contributed by atoms with Gasteiger partial charge in [0.15, 0.2) is 5.82 Å². The van der Waals surface area contributed by atoms with Crippen LogP contribution in [-0.4, -0.2) is 5.91 Å². The van der Waals surface area contributed by atoms with Gasteiger partial charge in [0.25, 0.3) is 5.91 Å². The van der Waals surface area contributed by atoms with Gasteiger partial charge in [0.2, 0.25) is 0 Å². The highest BCUT2D eigenvalue weighted by Crippen LogP contribution is 2.31. The van der Waals surface area contributed by atoms with Crippen molar-refractivity contribution in [3.05, 3.63) is 52.6 Å². The third kappa shape index (κ3) is 2.80. The van der Waals surface area contributed by atoms with Gasteiger partial charge in [-0.1, -0.05) is 11.6 Å². The minimum absolute atomic E-state index is 0.0739. The van der Waals surface area contributed by atoms with Gasteiger partial charge in [0.1, 0.15) is 5.82 Å². The van der Waals surface area contributed by atoms with Gasteiger partial charge in [0.05, 0.1) is 22.0 Å². The molecule has 0 atom stereocenters. The maximum Gasteiger partial charge on any atom is 0.250 e. The summed E-state index contributed by atoms with van der Waals surface area (Å²) in [6.07, 6.45) is 0. The highest BCUT2D eigenvalue weighted by Gasteiger charge is 2.14. The van der Waals surface area contributed by atoms with Gasteiger partial charge >= 0.3 is 0 Å². The fraction of sp³-hybridized carbons (Fsp3) is 0. The van der Waals surface area contributed by atoms with E-state index < -0.39 is 17.5 Å². The van der Waals surface area contributed by atoms with Crippen LogP contribution in [0.4, 0.5) is 25.8 Å². The predicted octanol–water partition coefficient (Wildman–Crippen LogP) is 3.04. The molecular formula is C13H10ClF2N3O. The smallest absolute Gasteiger partial charge is 0.250 e. The lowest BCUT2D eigenvalue weighted by molar-refractivity contribution is 0.100. The van der Waals surface area contributed by atoms with Crippen molar-refractivity contribution in [2.24, 2.45) is 5.73 Å². The molecule has 0 saturated heterocycles. The number of anilines is 3. The van der Waals surface area contributed by atoms with E-state index in [0.717, 1.165) is 6.07 Å². The van der Waals surface area contributed by atoms with Crippen LogP contribution in [0, 0.1) is 11.6 Å². The molecule has 7 heteroatoms. The fourth-order valence-corrected chi connectivity index (χ4v) is 1.91. The minimum atomic E-state index is -0.887. The van der Waals surface area contributed by atoms with Crippen LogP contribution in [-0.2, 0) is 0 Å². The van der Waals surface area contributed by atoms with E-state index in [0.29, 0.717) is 11.8 Å². The van der Waals surface area contributed by atoms with Gasteiger partial charge in [-0.05, 0) is 24.3 Å². The summed E-state index contributed by atoms with van der Waals surface area (Å²) in [6, 6.07) is 5.93. The number of amides is 1. The lowest BCUT2D eigenvalue weighted by atomic mass is 10.1. The summed E-state index contributed by atoms with van der Waals surface area (Å²) >= 11 is 5.76. The maximum atomic E-state index is 13.7. The van der Waals surface area contributed by atoms with Crippen LogP contribution >= 0.6 is 11.6 Å². The lowest BCUT2D eigenvalue weighted by Gasteiger charge is -2.13. The Morgan fingerprint density at radius 1 is 1.20 bits per heavy atom. The molecule has 0 fully saturated rings. The molecule has 0 heterocycles. The monoisotopic (exact) mass is 297 g/mol. The Bertz CT molecular complexity index is 668. The second-order valence-corrected chi connectivity index (χ2v) is 4.45. The standard InChI is InChI=1S/C13H10ClF2N3O/c14-9-3-6(15)4-10(16)12(9)19-11-2-1-7(17)5-8(11)13(18)20/h1-5,19H,17H2,(H2,18,20). The number of primary amides is 1. The molecule has 0 saturated carbocycles. The second kappa shape index (κ2) is 5.34. The first kappa shape index (κ1) is 14.1. The van der Waals surface area contributed by atoms with Gasteiger partial charge in [-0.2, -0.15) is 0 Å². The van der Waals surface area contributed by atoms with Crippen molar-refractivity contribution in [2.45, 2.75) is 0 Å². The van der Waals surface area contributed by atoms with Crippen LogP contribution in [0.1, 0.15) is 10.4 Å². The van der Waals surface area contributed by atoms with Gasteiger partial charge in [-0.25, -0.2) is 8.78 Å². The number of nitrogens with two attached hydrogens (primary N) is 2. The number of nitrogens with one attached hydrogen (secondary N) is 1. The van der Waals surface area contributed by atoms with E-state index in [1.807, 2.05) is 0 Å². The van der Waals surface area contributed by atoms with Crippen molar-refractivity contribution < 1.29 is 13.6 Å². The second-order valence-electron chi connectivity index (χ2n) is 4.04. The zero-order valence-electron chi connectivity index (χ0n) is 10.1. The molecule has 0 bridgehead atoms. The number of hydrogen-bond acceptors (Lipinski definition) is 3. The van der Waals surface area contributed by atoms with E-state index in [1.165, 1.54) is 18.2 Å². The molecule has 0 aliphatic carbocycles. The molecule has 0 spiro atoms. The van der Waals surface area contributed by atoms with Crippen molar-refractivity contribution >= 4 is 34.6 Å². The lowest BCUT2D eigenvalue weighted by Crippen LogP contribution is -2.14. The van der Waals surface area contributed by atoms with E-state index >= 15 is 0 Å². The van der Waals surface area contributed by atoms with Crippen molar-refractivity contribution in [3.8, 4) is 0 Å². The zero-order chi connectivity index (χ0) is 14.9. The number of carbonyl (C=O) groups excluding carboxylic acids is 1. The topological polar surface area (TPSA) is 81.1 Å². The number of hydrogen-bond donors (Lipinski definition) is 3. The molecule has 2 aromatic carbocycles. The van der Waals surface area contributed by atoms with E-state index in [2.05, 4.69) is 5.32 Å². The Kier molecular flexibility index (Phi) is 3.76. The Hall–Kier alpha value is -2.34. The van der Waals surface area contributed by atoms with Crippen LogP contribution < -0.4 is 16.8 Å². The molecule has 20 heavy (non-hydrogen) atoms. The maximum absolute atomic E-state index is 13.7. The quantitative estimate of drug-likeness (QED) is 0.762. The molecular weight excluding hydrogens is 288 g/mol. The number of halogens is 3. The fourth-order valence-electron chi connectivity index (χ4n) is 1.67. The van der Waals surface area contributed by atoms with E-state index in [4.69, 9.17) is 23.1 Å². The van der Waals surface area contributed by atoms with Crippen molar-refractivity contribution in [3.63, 3.8) is 0 Å². The molecule has 0 aliphatic rings. The summed E-state index contributed by atoms with van der Waals surface area (Å²) in [7, 11) is 0. The minimum Gasteiger partial charge on any atom is -0.399 e. The van der Waals surface area contributed by atoms with Crippen LogP contribution in [0.2, 0.25) is 5.02 Å². The van der Waals surface area contributed by atoms with E-state index in [1.54, 1.807) is 0 Å². The average Bonchev–Trinajstić information content (AvgIpc) is 2.34. The van der Waals surface area contributed by atoms with Crippen molar-refractivity contribution in [2.75, 3.05) is 11.1 Å². The summed E-state index contributed by atoms with van der Waals surface area (Å²) in [4.78, 5) is 11.3. The number of carbonyl (C=O) groups is 1. The molecule has 2 rings (SSSR count). The van der Waals surface area contributed by atoms with Crippen LogP contribution in [0.15, 0.2) is 30.3 Å². The summed E-state index contributed by atoms with van der Waals surface area (Å²) in [5.41, 5.74) is 11.2. The molecule has 0 aromatic heterocycles. The molecule has 0 unspecified atom stereocenters. The van der Waals surface area contributed by atoms with E-state index in [-0.39, 0.29) is 22.0 Å². The zero-order valence-corrected chi connectivity index (χ0v) is 10.8. The van der Waals surface area contributed by atoms with Gasteiger partial charge < -0.3 is 16.8 Å². The molecule has 2 aromatic rings. The molecule has 1 amide bonds. The van der Waals surface area contributed by atoms with Crippen LogP contribution in [0.3, 0.4) is 0 Å². The Morgan fingerprint density at radius 2 is 1.90 bits per heavy atom. The Balaban J connectivity index is 2.48. The first-order chi connectivity index (χ1) is 9.38. The highest BCUT2D eigenvalue weighted by atomic mass is 35.5. The summed E-state index contributed by atoms with van der Waals surface area (Å²) in [6.45, 7) is 0. The van der Waals surface area contributed by atoms with E-state index in [9.17, 15) is 13.6 Å². The Morgan fingerprint density at radius 3 is 2.50 bits per heavy atom. The first-order valence-corrected chi connectivity index (χ1v) is 5.87. The van der Waals surface area contributed by atoms with Crippen LogP contribution in [0.25, 0.3) is 0 Å². The third-order valence-corrected chi connectivity index (χ3v) is 2.87. The number of benzene rings is 2. The predicted molar refractivity (Wildman–Crippen MR) is 74.0 cm³/mol. The molecule has 0 aliphatic heterocycles. The Labute approximate surface area is 118 Å². The molecule has 5 N–H and O–H groups in total. The molecule has 0 radical (unpaired) electrons. The first-order valence-electron chi connectivity index (χ1n) is 5.49. The largest absolute Gasteiger partial charge is 0.399 e. The van der Waals surface area contributed by atoms with Crippen LogP contribution in [0.5, 0.6) is 0 Å². The average molecular weight is 298 g/mol. The molecule has 104 valence electrons. The number of rotatable bonds is 3. The third-order valence-electron chi connectivity index (χ3n) is 2.58. The highest BCUT2D eigenvalue weighted by molar-refractivity contribution is 6.33. The summed E-state index contributed by atoms with van der Waals surface area (Å²) in [5, 5.41) is 2.46. The summed E-state index contributed by atoms with van der Waals surface area (Å²) < 4.78 is 26.6.